The van der Waals surface area contributed by atoms with Gasteiger partial charge >= 0.3 is 5.97 Å². The second-order valence-corrected chi connectivity index (χ2v) is 6.89. The van der Waals surface area contributed by atoms with Crippen molar-refractivity contribution in [2.24, 2.45) is 0 Å². The van der Waals surface area contributed by atoms with E-state index in [1.807, 2.05) is 13.0 Å². The van der Waals surface area contributed by atoms with E-state index in [0.29, 0.717) is 22.3 Å². The number of carbonyl (C=O) groups is 2. The van der Waals surface area contributed by atoms with Gasteiger partial charge in [-0.1, -0.05) is 6.07 Å². The first-order valence-corrected chi connectivity index (χ1v) is 9.24. The largest absolute Gasteiger partial charge is 0.478 e. The molecule has 2 N–H and O–H groups in total. The molecule has 0 aliphatic rings. The maximum Gasteiger partial charge on any atom is 0.335 e. The third kappa shape index (κ3) is 3.30. The molecule has 6 nitrogen and oxygen atoms in total. The third-order valence-corrected chi connectivity index (χ3v) is 5.00. The lowest BCUT2D eigenvalue weighted by Gasteiger charge is -2.08. The molecule has 0 fully saturated rings. The summed E-state index contributed by atoms with van der Waals surface area (Å²) >= 11 is 0. The number of amides is 1. The summed E-state index contributed by atoms with van der Waals surface area (Å²) in [6.07, 6.45) is 1.72. The summed E-state index contributed by atoms with van der Waals surface area (Å²) in [4.78, 5) is 24.1. The fourth-order valence-electron chi connectivity index (χ4n) is 3.44. The van der Waals surface area contributed by atoms with Crippen molar-refractivity contribution in [3.8, 4) is 22.4 Å². The van der Waals surface area contributed by atoms with Crippen molar-refractivity contribution in [3.05, 3.63) is 83.3 Å². The molecule has 1 amide bonds. The number of aromatic nitrogens is 2. The van der Waals surface area contributed by atoms with Crippen molar-refractivity contribution in [1.29, 1.82) is 0 Å². The zero-order valence-electron chi connectivity index (χ0n) is 16.3. The molecule has 0 bridgehead atoms. The Kier molecular flexibility index (Phi) is 4.79. The lowest BCUT2D eigenvalue weighted by molar-refractivity contribution is 0.0696. The number of rotatable bonds is 4. The molecule has 4 aromatic rings. The van der Waals surface area contributed by atoms with Gasteiger partial charge in [0, 0.05) is 18.8 Å². The summed E-state index contributed by atoms with van der Waals surface area (Å²) < 4.78 is 14.9. The van der Waals surface area contributed by atoms with E-state index in [-0.39, 0.29) is 17.3 Å². The first-order chi connectivity index (χ1) is 14.4. The van der Waals surface area contributed by atoms with E-state index in [9.17, 15) is 19.1 Å². The maximum atomic E-state index is 13.4. The van der Waals surface area contributed by atoms with Crippen LogP contribution in [0.5, 0.6) is 0 Å². The van der Waals surface area contributed by atoms with Gasteiger partial charge in [0.05, 0.1) is 16.6 Å². The molecule has 0 atom stereocenters. The van der Waals surface area contributed by atoms with Crippen molar-refractivity contribution in [1.82, 2.24) is 14.9 Å². The molecule has 0 saturated carbocycles. The maximum absolute atomic E-state index is 13.4. The van der Waals surface area contributed by atoms with Gasteiger partial charge in [0.1, 0.15) is 11.5 Å². The summed E-state index contributed by atoms with van der Waals surface area (Å²) in [6.45, 7) is 1.89. The van der Waals surface area contributed by atoms with Crippen molar-refractivity contribution >= 4 is 17.4 Å². The number of pyridine rings is 1. The van der Waals surface area contributed by atoms with E-state index in [4.69, 9.17) is 0 Å². The van der Waals surface area contributed by atoms with Crippen LogP contribution in [0.25, 0.3) is 27.9 Å². The second kappa shape index (κ2) is 7.44. The fourth-order valence-corrected chi connectivity index (χ4v) is 3.44. The summed E-state index contributed by atoms with van der Waals surface area (Å²) in [5.41, 5.74) is 4.58. The molecular weight excluding hydrogens is 385 g/mol. The SMILES string of the molecule is CNC(=O)c1c(-c2ccc(F)cc2)nn2ccc(-c3cc(C(=O)O)ccc3C)cc12. The number of halogens is 1. The van der Waals surface area contributed by atoms with Gasteiger partial charge in [0.25, 0.3) is 5.91 Å². The predicted molar refractivity (Wildman–Crippen MR) is 111 cm³/mol. The Bertz CT molecular complexity index is 1290. The van der Waals surface area contributed by atoms with E-state index < -0.39 is 5.97 Å². The van der Waals surface area contributed by atoms with Gasteiger partial charge in [-0.3, -0.25) is 4.79 Å². The number of carboxylic acids is 1. The van der Waals surface area contributed by atoms with E-state index in [1.54, 1.807) is 47.1 Å². The lowest BCUT2D eigenvalue weighted by atomic mass is 9.97. The van der Waals surface area contributed by atoms with E-state index >= 15 is 0 Å². The summed E-state index contributed by atoms with van der Waals surface area (Å²) in [7, 11) is 1.53. The molecule has 4 rings (SSSR count). The monoisotopic (exact) mass is 403 g/mol. The Balaban J connectivity index is 1.95. The third-order valence-electron chi connectivity index (χ3n) is 5.00. The average molecular weight is 403 g/mol. The average Bonchev–Trinajstić information content (AvgIpc) is 3.12. The van der Waals surface area contributed by atoms with Gasteiger partial charge < -0.3 is 10.4 Å². The number of hydrogen-bond donors (Lipinski definition) is 2. The van der Waals surface area contributed by atoms with Gasteiger partial charge in [0.2, 0.25) is 0 Å². The minimum absolute atomic E-state index is 0.183. The molecule has 0 radical (unpaired) electrons. The van der Waals surface area contributed by atoms with Gasteiger partial charge in [-0.2, -0.15) is 5.10 Å². The Morgan fingerprint density at radius 3 is 2.43 bits per heavy atom. The van der Waals surface area contributed by atoms with Gasteiger partial charge in [0.15, 0.2) is 0 Å². The highest BCUT2D eigenvalue weighted by Gasteiger charge is 2.21. The number of carbonyl (C=O) groups excluding carboxylic acids is 1. The van der Waals surface area contributed by atoms with E-state index in [0.717, 1.165) is 16.7 Å². The molecule has 2 aromatic heterocycles. The topological polar surface area (TPSA) is 83.7 Å². The highest BCUT2D eigenvalue weighted by Crippen LogP contribution is 2.31. The summed E-state index contributed by atoms with van der Waals surface area (Å²) in [5, 5.41) is 16.5. The van der Waals surface area contributed by atoms with Crippen molar-refractivity contribution < 1.29 is 19.1 Å². The first kappa shape index (κ1) is 19.3. The molecule has 7 heteroatoms. The highest BCUT2D eigenvalue weighted by atomic mass is 19.1. The van der Waals surface area contributed by atoms with Crippen LogP contribution in [-0.2, 0) is 0 Å². The van der Waals surface area contributed by atoms with Gasteiger partial charge in [-0.25, -0.2) is 13.7 Å². The molecule has 30 heavy (non-hydrogen) atoms. The molecule has 150 valence electrons. The molecule has 2 heterocycles. The van der Waals surface area contributed by atoms with Crippen LogP contribution in [0.4, 0.5) is 4.39 Å². The number of benzene rings is 2. The molecule has 2 aromatic carbocycles. The lowest BCUT2D eigenvalue weighted by Crippen LogP contribution is -2.18. The molecule has 0 unspecified atom stereocenters. The van der Waals surface area contributed by atoms with E-state index in [2.05, 4.69) is 10.4 Å². The second-order valence-electron chi connectivity index (χ2n) is 6.89. The zero-order valence-corrected chi connectivity index (χ0v) is 16.3. The normalized spacial score (nSPS) is 10.9. The minimum Gasteiger partial charge on any atom is -0.478 e. The Labute approximate surface area is 171 Å². The Morgan fingerprint density at radius 1 is 1.03 bits per heavy atom. The van der Waals surface area contributed by atoms with Crippen molar-refractivity contribution in [2.45, 2.75) is 6.92 Å². The fraction of sp³-hybridized carbons (Fsp3) is 0.0870. The van der Waals surface area contributed by atoms with E-state index in [1.165, 1.54) is 19.2 Å². The zero-order chi connectivity index (χ0) is 21.4. The molecule has 0 spiro atoms. The standard InChI is InChI=1S/C23H18FN3O3/c1-13-3-4-16(23(29)30)11-18(13)15-9-10-27-19(12-15)20(22(28)25-2)21(26-27)14-5-7-17(24)8-6-14/h3-12H,1-2H3,(H,25,28)(H,29,30). The Morgan fingerprint density at radius 2 is 1.77 bits per heavy atom. The van der Waals surface area contributed by atoms with Crippen LogP contribution in [-0.4, -0.2) is 33.6 Å². The van der Waals surface area contributed by atoms with Crippen LogP contribution in [0.15, 0.2) is 60.8 Å². The van der Waals surface area contributed by atoms with Crippen LogP contribution in [0.1, 0.15) is 26.3 Å². The van der Waals surface area contributed by atoms with Crippen molar-refractivity contribution in [3.63, 3.8) is 0 Å². The number of aromatic carboxylic acids is 1. The number of carboxylic acid groups (broad SMARTS) is 1. The molecule has 0 saturated heterocycles. The summed E-state index contributed by atoms with van der Waals surface area (Å²) in [6, 6.07) is 14.3. The van der Waals surface area contributed by atoms with Gasteiger partial charge in [-0.05, 0) is 72.1 Å². The van der Waals surface area contributed by atoms with Crippen LogP contribution in [0.3, 0.4) is 0 Å². The number of aryl methyl sites for hydroxylation is 1. The highest BCUT2D eigenvalue weighted by molar-refractivity contribution is 6.06. The quantitative estimate of drug-likeness (QED) is 0.536. The number of fused-ring (bicyclic) bond motifs is 1. The van der Waals surface area contributed by atoms with Crippen LogP contribution >= 0.6 is 0 Å². The van der Waals surface area contributed by atoms with Crippen LogP contribution < -0.4 is 5.32 Å². The number of nitrogens with one attached hydrogen (secondary N) is 1. The Hall–Kier alpha value is -4.00. The van der Waals surface area contributed by atoms with Crippen LogP contribution in [0.2, 0.25) is 0 Å². The predicted octanol–water partition coefficient (Wildman–Crippen LogP) is 4.17. The first-order valence-electron chi connectivity index (χ1n) is 9.24. The summed E-state index contributed by atoms with van der Waals surface area (Å²) in [5.74, 6) is -1.70. The van der Waals surface area contributed by atoms with Gasteiger partial charge in [-0.15, -0.1) is 0 Å². The number of nitrogens with zero attached hydrogens (tertiary/aromatic N) is 2. The number of hydrogen-bond acceptors (Lipinski definition) is 3. The minimum atomic E-state index is -1.01. The van der Waals surface area contributed by atoms with Crippen molar-refractivity contribution in [2.75, 3.05) is 7.05 Å². The molecule has 0 aliphatic heterocycles. The van der Waals surface area contributed by atoms with Crippen LogP contribution in [0, 0.1) is 12.7 Å². The molecular formula is C23H18FN3O3. The molecule has 0 aliphatic carbocycles. The smallest absolute Gasteiger partial charge is 0.335 e.